The van der Waals surface area contributed by atoms with E-state index in [2.05, 4.69) is 4.98 Å². The molecule has 3 N–H and O–H groups in total. The van der Waals surface area contributed by atoms with Crippen LogP contribution in [0.4, 0.5) is 5.69 Å². The van der Waals surface area contributed by atoms with Crippen LogP contribution >= 0.6 is 0 Å². The summed E-state index contributed by atoms with van der Waals surface area (Å²) in [6, 6.07) is 10.2. The van der Waals surface area contributed by atoms with Gasteiger partial charge in [0.25, 0.3) is 21.6 Å². The van der Waals surface area contributed by atoms with Crippen molar-refractivity contribution in [2.75, 3.05) is 0 Å². The van der Waals surface area contributed by atoms with Gasteiger partial charge in [-0.05, 0) is 24.3 Å². The number of rotatable bonds is 8. The van der Waals surface area contributed by atoms with Crippen LogP contribution in [0.15, 0.2) is 72.0 Å². The summed E-state index contributed by atoms with van der Waals surface area (Å²) in [6.07, 6.45) is 1.96. The molecule has 0 saturated carbocycles. The first-order chi connectivity index (χ1) is 15.1. The minimum absolute atomic E-state index is 0.103. The maximum Gasteiger partial charge on any atom is 0.269 e. The van der Waals surface area contributed by atoms with Crippen LogP contribution in [0.1, 0.15) is 16.1 Å². The zero-order valence-corrected chi connectivity index (χ0v) is 17.1. The number of imidazole rings is 1. The fourth-order valence-corrected chi connectivity index (χ4v) is 4.04. The molecule has 1 amide bonds. The molecule has 0 fully saturated rings. The highest BCUT2D eigenvalue weighted by Crippen LogP contribution is 2.18. The number of amides is 1. The van der Waals surface area contributed by atoms with Crippen LogP contribution in [0.5, 0.6) is 0 Å². The lowest BCUT2D eigenvalue weighted by Crippen LogP contribution is -2.47. The second-order valence-electron chi connectivity index (χ2n) is 6.59. The number of sulfonamides is 1. The minimum Gasteiger partial charge on any atom is -0.368 e. The quantitative estimate of drug-likeness (QED) is 0.369. The van der Waals surface area contributed by atoms with Crippen molar-refractivity contribution in [1.82, 2.24) is 14.0 Å². The van der Waals surface area contributed by atoms with Gasteiger partial charge < -0.3 is 5.73 Å². The Hall–Kier alpha value is -3.94. The molecule has 0 aliphatic heterocycles. The fourth-order valence-electron chi connectivity index (χ4n) is 2.81. The Morgan fingerprint density at radius 1 is 1.16 bits per heavy atom. The molecule has 32 heavy (non-hydrogen) atoms. The van der Waals surface area contributed by atoms with E-state index in [1.54, 1.807) is 6.07 Å². The Kier molecular flexibility index (Phi) is 6.43. The molecule has 1 aromatic heterocycles. The molecule has 12 nitrogen and oxygen atoms in total. The highest BCUT2D eigenvalue weighted by Gasteiger charge is 2.34. The molecule has 3 aromatic rings. The van der Waals surface area contributed by atoms with Crippen molar-refractivity contribution in [2.45, 2.75) is 17.4 Å². The van der Waals surface area contributed by atoms with Crippen molar-refractivity contribution < 1.29 is 28.1 Å². The normalized spacial score (nSPS) is 12.4. The van der Waals surface area contributed by atoms with Gasteiger partial charge in [-0.25, -0.2) is 13.4 Å². The van der Waals surface area contributed by atoms with Crippen LogP contribution in [0.3, 0.4) is 0 Å². The Labute approximate surface area is 181 Å². The fraction of sp³-hybridized carbons (Fsp3) is 0.105. The van der Waals surface area contributed by atoms with Gasteiger partial charge in [0, 0.05) is 30.3 Å². The molecule has 0 aliphatic rings. The second-order valence-corrected chi connectivity index (χ2v) is 8.39. The van der Waals surface area contributed by atoms with Gasteiger partial charge in [0.15, 0.2) is 0 Å². The van der Waals surface area contributed by atoms with Gasteiger partial charge in [-0.15, -0.1) is 0 Å². The Morgan fingerprint density at radius 2 is 1.78 bits per heavy atom. The highest BCUT2D eigenvalue weighted by atomic mass is 32.2. The Morgan fingerprint density at radius 3 is 2.34 bits per heavy atom. The summed E-state index contributed by atoms with van der Waals surface area (Å²) in [6.45, 7) is 0. The molecule has 0 saturated heterocycles. The number of hydroxylamine groups is 1. The molecule has 166 valence electrons. The molecule has 0 spiro atoms. The van der Waals surface area contributed by atoms with Gasteiger partial charge in [0.1, 0.15) is 12.4 Å². The van der Waals surface area contributed by atoms with Crippen LogP contribution in [0, 0.1) is 10.1 Å². The lowest BCUT2D eigenvalue weighted by Gasteiger charge is -2.22. The molecule has 1 unspecified atom stereocenters. The molecule has 0 bridgehead atoms. The number of nitro benzene ring substituents is 1. The maximum absolute atomic E-state index is 12.6. The van der Waals surface area contributed by atoms with Gasteiger partial charge in [0.2, 0.25) is 5.91 Å². The summed E-state index contributed by atoms with van der Waals surface area (Å²) in [5.41, 5.74) is 5.36. The first-order valence-corrected chi connectivity index (χ1v) is 10.4. The number of benzene rings is 2. The lowest BCUT2D eigenvalue weighted by atomic mass is 10.1. The second kappa shape index (κ2) is 9.05. The first kappa shape index (κ1) is 22.7. The number of non-ortho nitro benzene ring substituents is 1. The first-order valence-electron chi connectivity index (χ1n) is 9.01. The van der Waals surface area contributed by atoms with E-state index in [1.165, 1.54) is 54.7 Å². The van der Waals surface area contributed by atoms with Crippen LogP contribution in [-0.2, 0) is 21.2 Å². The van der Waals surface area contributed by atoms with E-state index in [9.17, 15) is 33.3 Å². The summed E-state index contributed by atoms with van der Waals surface area (Å²) in [5.74, 6) is -1.68. The van der Waals surface area contributed by atoms with Crippen LogP contribution in [0.25, 0.3) is 0 Å². The molecule has 0 radical (unpaired) electrons. The number of carbonyl (C=O) groups is 2. The van der Waals surface area contributed by atoms with Gasteiger partial charge in [-0.2, -0.15) is 0 Å². The summed E-state index contributed by atoms with van der Waals surface area (Å²) in [5, 5.41) is 21.0. The van der Waals surface area contributed by atoms with Crippen molar-refractivity contribution in [1.29, 1.82) is 0 Å². The molecule has 2 aromatic carbocycles. The molecule has 1 heterocycles. The number of primary amides is 1. The zero-order valence-electron chi connectivity index (χ0n) is 16.3. The van der Waals surface area contributed by atoms with Crippen LogP contribution in [0.2, 0.25) is 0 Å². The number of hydrogen-bond donors (Lipinski definition) is 2. The van der Waals surface area contributed by atoms with Crippen molar-refractivity contribution in [3.8, 4) is 0 Å². The summed E-state index contributed by atoms with van der Waals surface area (Å²) >= 11 is 0. The van der Waals surface area contributed by atoms with Crippen molar-refractivity contribution >= 4 is 27.5 Å². The molecular formula is C19H17N5O7S. The number of nitrogens with two attached hydrogens (primary N) is 1. The smallest absolute Gasteiger partial charge is 0.269 e. The van der Waals surface area contributed by atoms with E-state index in [1.807, 2.05) is 0 Å². The Bertz CT molecular complexity index is 1260. The third-order valence-electron chi connectivity index (χ3n) is 4.48. The van der Waals surface area contributed by atoms with E-state index >= 15 is 0 Å². The molecule has 1 atom stereocenters. The number of hydrogen-bond acceptors (Lipinski definition) is 8. The number of nitro groups is 1. The van der Waals surface area contributed by atoms with E-state index in [-0.39, 0.29) is 26.3 Å². The molecule has 0 aliphatic carbocycles. The number of aromatic nitrogens is 2. The highest BCUT2D eigenvalue weighted by molar-refractivity contribution is 7.89. The average molecular weight is 459 g/mol. The third kappa shape index (κ3) is 4.69. The van der Waals surface area contributed by atoms with E-state index in [0.717, 1.165) is 10.9 Å². The van der Waals surface area contributed by atoms with Crippen LogP contribution in [-0.4, -0.2) is 50.4 Å². The molecule has 13 heteroatoms. The number of carbonyl (C=O) groups excluding carboxylic acids is 2. The molecule has 3 rings (SSSR count). The summed E-state index contributed by atoms with van der Waals surface area (Å²) in [7, 11) is -4.44. The summed E-state index contributed by atoms with van der Waals surface area (Å²) in [4.78, 5) is 38.3. The van der Waals surface area contributed by atoms with E-state index in [4.69, 9.17) is 5.73 Å². The van der Waals surface area contributed by atoms with Gasteiger partial charge in [-0.1, -0.05) is 22.7 Å². The van der Waals surface area contributed by atoms with Gasteiger partial charge in [0.05, 0.1) is 15.5 Å². The van der Waals surface area contributed by atoms with E-state index < -0.39 is 39.2 Å². The summed E-state index contributed by atoms with van der Waals surface area (Å²) < 4.78 is 26.1. The standard InChI is InChI=1S/C19H17N5O7S/c20-18(25)17(24(29)32(30,31)16-4-2-1-3-5-16)10-14-11-22(12-21-14)19(26)13-6-8-15(9-7-13)23(27)28/h1-9,11-12,17,29H,10H2,(H2,20,25). The maximum atomic E-state index is 12.6. The van der Waals surface area contributed by atoms with Crippen molar-refractivity contribution in [2.24, 2.45) is 5.73 Å². The lowest BCUT2D eigenvalue weighted by molar-refractivity contribution is -0.384. The monoisotopic (exact) mass is 459 g/mol. The third-order valence-corrected chi connectivity index (χ3v) is 6.10. The van der Waals surface area contributed by atoms with E-state index in [0.29, 0.717) is 0 Å². The minimum atomic E-state index is -4.44. The Balaban J connectivity index is 1.80. The predicted octanol–water partition coefficient (Wildman–Crippen LogP) is 0.956. The van der Waals surface area contributed by atoms with Crippen LogP contribution < -0.4 is 5.73 Å². The van der Waals surface area contributed by atoms with Crippen molar-refractivity contribution in [3.63, 3.8) is 0 Å². The van der Waals surface area contributed by atoms with Crippen molar-refractivity contribution in [3.05, 3.63) is 88.5 Å². The average Bonchev–Trinajstić information content (AvgIpc) is 3.25. The SMILES string of the molecule is NC(=O)C(Cc1cn(C(=O)c2ccc([N+](=O)[O-])cc2)cn1)N(O)S(=O)(=O)c1ccccc1. The molecular weight excluding hydrogens is 442 g/mol. The van der Waals surface area contributed by atoms with Gasteiger partial charge in [-0.3, -0.25) is 29.5 Å². The topological polar surface area (TPSA) is 179 Å². The largest absolute Gasteiger partial charge is 0.368 e. The number of nitrogens with zero attached hydrogens (tertiary/aromatic N) is 4. The zero-order chi connectivity index (χ0) is 23.5. The predicted molar refractivity (Wildman–Crippen MR) is 109 cm³/mol. The van der Waals surface area contributed by atoms with Gasteiger partial charge >= 0.3 is 0 Å².